The minimum Gasteiger partial charge on any atom is -0.429 e. The Balaban J connectivity index is 1.26. The van der Waals surface area contributed by atoms with Gasteiger partial charge in [-0.05, 0) is 90.4 Å². The van der Waals surface area contributed by atoms with E-state index in [0.29, 0.717) is 42.4 Å². The van der Waals surface area contributed by atoms with Gasteiger partial charge in [0.2, 0.25) is 0 Å². The molecule has 0 spiro atoms. The summed E-state index contributed by atoms with van der Waals surface area (Å²) in [5, 5.41) is 0. The van der Waals surface area contributed by atoms with Gasteiger partial charge in [0.1, 0.15) is 29.0 Å². The third-order valence-electron chi connectivity index (χ3n) is 8.27. The van der Waals surface area contributed by atoms with Gasteiger partial charge in [-0.2, -0.15) is 8.78 Å². The molecule has 2 unspecified atom stereocenters. The third-order valence-corrected chi connectivity index (χ3v) is 8.27. The fraction of sp³-hybridized carbons (Fsp3) is 0.297. The van der Waals surface area contributed by atoms with Gasteiger partial charge in [-0.3, -0.25) is 0 Å². The first-order chi connectivity index (χ1) is 22.8. The molecule has 4 aromatic carbocycles. The van der Waals surface area contributed by atoms with Crippen LogP contribution in [0.2, 0.25) is 0 Å². The van der Waals surface area contributed by atoms with Crippen LogP contribution in [0, 0.1) is 46.6 Å². The Kier molecular flexibility index (Phi) is 10.9. The molecule has 1 heterocycles. The van der Waals surface area contributed by atoms with Crippen LogP contribution in [0.4, 0.5) is 39.5 Å². The average molecular weight is 679 g/mol. The third kappa shape index (κ3) is 8.24. The van der Waals surface area contributed by atoms with E-state index in [0.717, 1.165) is 56.4 Å². The van der Waals surface area contributed by atoms with E-state index in [-0.39, 0.29) is 23.3 Å². The van der Waals surface area contributed by atoms with Crippen LogP contribution in [0.3, 0.4) is 0 Å². The van der Waals surface area contributed by atoms with Crippen LogP contribution < -0.4 is 4.74 Å². The van der Waals surface area contributed by atoms with Crippen molar-refractivity contribution in [1.29, 1.82) is 0 Å². The molecule has 0 bridgehead atoms. The molecule has 0 saturated carbocycles. The molecule has 0 N–H and O–H groups in total. The molecule has 0 aliphatic carbocycles. The van der Waals surface area contributed by atoms with Gasteiger partial charge in [0.25, 0.3) is 0 Å². The van der Waals surface area contributed by atoms with Gasteiger partial charge in [-0.15, -0.1) is 0 Å². The molecule has 1 aliphatic rings. The molecule has 2 nitrogen and oxygen atoms in total. The van der Waals surface area contributed by atoms with Gasteiger partial charge < -0.3 is 9.47 Å². The average Bonchev–Trinajstić information content (AvgIpc) is 3.03. The first kappa shape index (κ1) is 35.1. The topological polar surface area (TPSA) is 18.5 Å². The molecule has 1 saturated heterocycles. The number of benzene rings is 4. The Morgan fingerprint density at radius 2 is 1.33 bits per heavy atom. The van der Waals surface area contributed by atoms with Crippen molar-refractivity contribution in [3.05, 3.63) is 119 Å². The number of ether oxygens (including phenoxy) is 2. The van der Waals surface area contributed by atoms with Crippen LogP contribution in [0.1, 0.15) is 62.7 Å². The summed E-state index contributed by atoms with van der Waals surface area (Å²) >= 11 is 0. The maximum atomic E-state index is 15.1. The van der Waals surface area contributed by atoms with Crippen molar-refractivity contribution in [2.24, 2.45) is 5.92 Å². The van der Waals surface area contributed by atoms with E-state index >= 15 is 4.39 Å². The van der Waals surface area contributed by atoms with Gasteiger partial charge in [-0.25, -0.2) is 30.7 Å². The lowest BCUT2D eigenvalue weighted by Crippen LogP contribution is -2.21. The summed E-state index contributed by atoms with van der Waals surface area (Å²) in [4.78, 5) is 0. The maximum absolute atomic E-state index is 15.1. The molecule has 0 aromatic heterocycles. The Labute approximate surface area is 271 Å². The van der Waals surface area contributed by atoms with E-state index in [4.69, 9.17) is 4.74 Å². The Bertz CT molecular complexity index is 1750. The molecule has 1 aliphatic heterocycles. The van der Waals surface area contributed by atoms with Gasteiger partial charge in [-0.1, -0.05) is 38.3 Å². The zero-order valence-corrected chi connectivity index (χ0v) is 25.8. The fourth-order valence-electron chi connectivity index (χ4n) is 5.72. The second kappa shape index (κ2) is 14.9. The first-order valence-corrected chi connectivity index (χ1v) is 15.5. The second-order valence-electron chi connectivity index (χ2n) is 11.7. The predicted molar refractivity (Wildman–Crippen MR) is 164 cm³/mol. The molecule has 254 valence electrons. The van der Waals surface area contributed by atoms with E-state index in [9.17, 15) is 35.1 Å². The van der Waals surface area contributed by atoms with Crippen LogP contribution in [0.25, 0.3) is 28.3 Å². The predicted octanol–water partition coefficient (Wildman–Crippen LogP) is 11.7. The van der Waals surface area contributed by atoms with E-state index in [1.165, 1.54) is 18.6 Å². The highest BCUT2D eigenvalue weighted by Crippen LogP contribution is 2.36. The van der Waals surface area contributed by atoms with E-state index in [1.807, 2.05) is 0 Å². The molecule has 2 atom stereocenters. The van der Waals surface area contributed by atoms with Gasteiger partial charge in [0.05, 0.1) is 12.7 Å². The number of rotatable bonds is 11. The molecule has 1 fully saturated rings. The lowest BCUT2D eigenvalue weighted by atomic mass is 9.90. The minimum atomic E-state index is -4.20. The number of alkyl halides is 2. The van der Waals surface area contributed by atoms with Gasteiger partial charge in [0, 0.05) is 28.8 Å². The summed E-state index contributed by atoms with van der Waals surface area (Å²) in [7, 11) is 0. The fourth-order valence-corrected chi connectivity index (χ4v) is 5.72. The minimum absolute atomic E-state index is 0.0403. The number of unbranched alkanes of at least 4 members (excludes halogenated alkanes) is 2. The monoisotopic (exact) mass is 678 g/mol. The van der Waals surface area contributed by atoms with E-state index in [2.05, 4.69) is 11.7 Å². The van der Waals surface area contributed by atoms with Crippen molar-refractivity contribution in [3.8, 4) is 28.0 Å². The SMILES string of the molecule is CCCCCC1CCC(c2ccc(-c3cc(F)c(/C=C/C(F)(F)Oc4ccc(-c5cc(F)c(F)c(F)c5)c(F)c4)c(F)c3)c(F)c2)OC1. The van der Waals surface area contributed by atoms with E-state index in [1.54, 1.807) is 6.07 Å². The van der Waals surface area contributed by atoms with Crippen LogP contribution in [-0.2, 0) is 4.74 Å². The number of halogens is 9. The molecule has 4 aromatic rings. The summed E-state index contributed by atoms with van der Waals surface area (Å²) in [5.74, 6) is -9.62. The molecule has 48 heavy (non-hydrogen) atoms. The van der Waals surface area contributed by atoms with Crippen LogP contribution in [0.5, 0.6) is 5.75 Å². The molecule has 0 radical (unpaired) electrons. The summed E-state index contributed by atoms with van der Waals surface area (Å²) in [6.45, 7) is 2.73. The highest BCUT2D eigenvalue weighted by Gasteiger charge is 2.29. The van der Waals surface area contributed by atoms with E-state index < -0.39 is 69.3 Å². The lowest BCUT2D eigenvalue weighted by Gasteiger charge is -2.29. The smallest absolute Gasteiger partial charge is 0.419 e. The van der Waals surface area contributed by atoms with Crippen molar-refractivity contribution >= 4 is 6.08 Å². The summed E-state index contributed by atoms with van der Waals surface area (Å²) in [6.07, 6.45) is 2.20. The van der Waals surface area contributed by atoms with Gasteiger partial charge >= 0.3 is 6.11 Å². The summed E-state index contributed by atoms with van der Waals surface area (Å²) < 4.78 is 140. The second-order valence-corrected chi connectivity index (χ2v) is 11.7. The van der Waals surface area contributed by atoms with Crippen LogP contribution >= 0.6 is 0 Å². The van der Waals surface area contributed by atoms with Crippen LogP contribution in [0.15, 0.2) is 66.7 Å². The number of hydrogen-bond acceptors (Lipinski definition) is 2. The van der Waals surface area contributed by atoms with Crippen molar-refractivity contribution < 1.29 is 49.0 Å². The largest absolute Gasteiger partial charge is 0.429 e. The zero-order chi connectivity index (χ0) is 34.6. The van der Waals surface area contributed by atoms with Crippen LogP contribution in [-0.4, -0.2) is 12.7 Å². The highest BCUT2D eigenvalue weighted by atomic mass is 19.3. The Hall–Kier alpha value is -4.25. The first-order valence-electron chi connectivity index (χ1n) is 15.5. The Morgan fingerprint density at radius 1 is 0.729 bits per heavy atom. The van der Waals surface area contributed by atoms with Crippen molar-refractivity contribution in [2.75, 3.05) is 6.61 Å². The zero-order valence-electron chi connectivity index (χ0n) is 25.8. The molecular formula is C37H31F9O2. The standard InChI is InChI=1S/C37H31F9O2/c1-2-3-4-5-21-6-11-35(47-20-21)22-7-9-26(29(38)14-22)23-15-30(39)28(31(40)16-23)12-13-37(45,46)48-25-8-10-27(32(41)19-25)24-17-33(42)36(44)34(43)18-24/h7-10,12-19,21,35H,2-6,11,20H2,1H3/b13-12+. The van der Waals surface area contributed by atoms with Crippen molar-refractivity contribution in [1.82, 2.24) is 0 Å². The molecule has 11 heteroatoms. The maximum Gasteiger partial charge on any atom is 0.419 e. The van der Waals surface area contributed by atoms with Crippen molar-refractivity contribution in [3.63, 3.8) is 0 Å². The summed E-state index contributed by atoms with van der Waals surface area (Å²) in [5.41, 5.74) is -1.31. The Morgan fingerprint density at radius 3 is 1.90 bits per heavy atom. The molecule has 5 rings (SSSR count). The van der Waals surface area contributed by atoms with Crippen molar-refractivity contribution in [2.45, 2.75) is 57.7 Å². The highest BCUT2D eigenvalue weighted by molar-refractivity contribution is 5.68. The lowest BCUT2D eigenvalue weighted by molar-refractivity contribution is -0.131. The summed E-state index contributed by atoms with van der Waals surface area (Å²) in [6, 6.07) is 9.22. The molecular weight excluding hydrogens is 647 g/mol. The van der Waals surface area contributed by atoms with Gasteiger partial charge in [0.15, 0.2) is 17.5 Å². The quantitative estimate of drug-likeness (QED) is 0.0893. The normalized spacial score (nSPS) is 16.9. The number of hydrogen-bond donors (Lipinski definition) is 0. The molecule has 0 amide bonds.